The van der Waals surface area contributed by atoms with Crippen LogP contribution >= 0.6 is 23.1 Å². The predicted molar refractivity (Wildman–Crippen MR) is 120 cm³/mol. The van der Waals surface area contributed by atoms with Gasteiger partial charge in [0, 0.05) is 24.5 Å². The van der Waals surface area contributed by atoms with Crippen molar-refractivity contribution >= 4 is 45.2 Å². The molecule has 1 aliphatic rings. The Hall–Kier alpha value is -1.87. The average Bonchev–Trinajstić information content (AvgIpc) is 3.01. The number of piperidine rings is 1. The van der Waals surface area contributed by atoms with Gasteiger partial charge in [0.15, 0.2) is 5.16 Å². The van der Waals surface area contributed by atoms with Crippen LogP contribution in [0.15, 0.2) is 9.95 Å². The molecule has 0 N–H and O–H groups in total. The quantitative estimate of drug-likeness (QED) is 0.380. The summed E-state index contributed by atoms with van der Waals surface area (Å²) in [5, 5.41) is 0.899. The Morgan fingerprint density at radius 1 is 1.27 bits per heavy atom. The molecule has 2 aromatic rings. The molecule has 9 heteroatoms. The summed E-state index contributed by atoms with van der Waals surface area (Å²) in [7, 11) is 0. The molecular weight excluding hydrogens is 422 g/mol. The Morgan fingerprint density at radius 2 is 1.93 bits per heavy atom. The molecule has 1 fully saturated rings. The summed E-state index contributed by atoms with van der Waals surface area (Å²) in [6.07, 6.45) is 1.25. The van der Waals surface area contributed by atoms with E-state index < -0.39 is 0 Å². The lowest BCUT2D eigenvalue weighted by molar-refractivity contribution is -0.151. The first kappa shape index (κ1) is 22.8. The number of amides is 1. The molecular formula is C21H29N3O4S2. The van der Waals surface area contributed by atoms with E-state index in [1.807, 2.05) is 27.7 Å². The summed E-state index contributed by atoms with van der Waals surface area (Å²) >= 11 is 2.85. The van der Waals surface area contributed by atoms with Crippen LogP contribution < -0.4 is 5.56 Å². The molecule has 0 saturated carbocycles. The van der Waals surface area contributed by atoms with E-state index in [1.165, 1.54) is 23.1 Å². The number of hydrogen-bond donors (Lipinski definition) is 0. The van der Waals surface area contributed by atoms with E-state index in [2.05, 4.69) is 0 Å². The van der Waals surface area contributed by atoms with Crippen molar-refractivity contribution in [3.8, 4) is 0 Å². The smallest absolute Gasteiger partial charge is 0.309 e. The van der Waals surface area contributed by atoms with E-state index in [4.69, 9.17) is 9.72 Å². The molecule has 1 amide bonds. The van der Waals surface area contributed by atoms with Gasteiger partial charge in [0.05, 0.1) is 23.2 Å². The zero-order valence-electron chi connectivity index (χ0n) is 18.2. The van der Waals surface area contributed by atoms with Gasteiger partial charge in [0.1, 0.15) is 4.83 Å². The number of nitrogens with zero attached hydrogens (tertiary/aromatic N) is 3. The molecule has 0 aromatic carbocycles. The van der Waals surface area contributed by atoms with Gasteiger partial charge >= 0.3 is 5.97 Å². The highest BCUT2D eigenvalue weighted by Crippen LogP contribution is 2.30. The van der Waals surface area contributed by atoms with Crippen molar-refractivity contribution < 1.29 is 14.3 Å². The van der Waals surface area contributed by atoms with Crippen LogP contribution in [0.25, 0.3) is 10.2 Å². The largest absolute Gasteiger partial charge is 0.466 e. The fourth-order valence-corrected chi connectivity index (χ4v) is 5.87. The minimum absolute atomic E-state index is 0.0119. The summed E-state index contributed by atoms with van der Waals surface area (Å²) in [5.41, 5.74) is 0.946. The number of fused-ring (bicyclic) bond motifs is 1. The first-order valence-electron chi connectivity index (χ1n) is 10.4. The number of aromatic nitrogens is 2. The SMILES string of the molecule is CCOC(=O)C1CCN(C(=O)C(C)Sc2nc3sc(C)c(C)c3c(=O)n2CC)CC1. The Balaban J connectivity index is 1.74. The van der Waals surface area contributed by atoms with E-state index in [0.29, 0.717) is 49.6 Å². The van der Waals surface area contributed by atoms with Crippen molar-refractivity contribution in [3.05, 3.63) is 20.8 Å². The molecule has 0 radical (unpaired) electrons. The number of rotatable bonds is 6. The molecule has 1 unspecified atom stereocenters. The zero-order chi connectivity index (χ0) is 22.0. The van der Waals surface area contributed by atoms with Crippen molar-refractivity contribution in [2.45, 2.75) is 64.4 Å². The number of hydrogen-bond acceptors (Lipinski definition) is 7. The second-order valence-corrected chi connectivity index (χ2v) is 10.0. The first-order chi connectivity index (χ1) is 14.3. The van der Waals surface area contributed by atoms with Crippen LogP contribution in [-0.4, -0.2) is 51.3 Å². The van der Waals surface area contributed by atoms with E-state index in [1.54, 1.807) is 16.4 Å². The van der Waals surface area contributed by atoms with Gasteiger partial charge in [-0.25, -0.2) is 4.98 Å². The molecule has 164 valence electrons. The van der Waals surface area contributed by atoms with Crippen molar-refractivity contribution in [2.24, 2.45) is 5.92 Å². The monoisotopic (exact) mass is 451 g/mol. The molecule has 0 bridgehead atoms. The summed E-state index contributed by atoms with van der Waals surface area (Å²) in [5.74, 6) is -0.285. The average molecular weight is 452 g/mol. The Morgan fingerprint density at radius 3 is 2.53 bits per heavy atom. The molecule has 1 atom stereocenters. The molecule has 1 aliphatic heterocycles. The van der Waals surface area contributed by atoms with Gasteiger partial charge in [-0.3, -0.25) is 19.0 Å². The van der Waals surface area contributed by atoms with Gasteiger partial charge in [0.25, 0.3) is 5.56 Å². The maximum Gasteiger partial charge on any atom is 0.309 e. The number of carbonyl (C=O) groups is 2. The maximum absolute atomic E-state index is 13.0. The molecule has 3 heterocycles. The molecule has 3 rings (SSSR count). The van der Waals surface area contributed by atoms with Gasteiger partial charge in [-0.1, -0.05) is 11.8 Å². The van der Waals surface area contributed by atoms with Crippen molar-refractivity contribution in [3.63, 3.8) is 0 Å². The number of likely N-dealkylation sites (tertiary alicyclic amines) is 1. The van der Waals surface area contributed by atoms with Crippen LogP contribution in [-0.2, 0) is 20.9 Å². The molecule has 0 spiro atoms. The van der Waals surface area contributed by atoms with Gasteiger partial charge in [-0.2, -0.15) is 0 Å². The number of esters is 1. The summed E-state index contributed by atoms with van der Waals surface area (Å²) < 4.78 is 6.76. The minimum atomic E-state index is -0.367. The van der Waals surface area contributed by atoms with Crippen molar-refractivity contribution in [1.29, 1.82) is 0 Å². The third kappa shape index (κ3) is 4.42. The second kappa shape index (κ2) is 9.51. The van der Waals surface area contributed by atoms with Crippen LogP contribution in [0.5, 0.6) is 0 Å². The van der Waals surface area contributed by atoms with Gasteiger partial charge in [-0.15, -0.1) is 11.3 Å². The summed E-state index contributed by atoms with van der Waals surface area (Å²) in [6, 6.07) is 0. The topological polar surface area (TPSA) is 81.5 Å². The Labute approximate surface area is 184 Å². The van der Waals surface area contributed by atoms with Crippen LogP contribution in [0.2, 0.25) is 0 Å². The van der Waals surface area contributed by atoms with Gasteiger partial charge in [0.2, 0.25) is 5.91 Å². The highest BCUT2D eigenvalue weighted by atomic mass is 32.2. The number of thioether (sulfide) groups is 1. The normalized spacial score (nSPS) is 16.1. The number of aryl methyl sites for hydroxylation is 2. The van der Waals surface area contributed by atoms with Crippen molar-refractivity contribution in [2.75, 3.05) is 19.7 Å². The molecule has 30 heavy (non-hydrogen) atoms. The maximum atomic E-state index is 13.0. The highest BCUT2D eigenvalue weighted by Gasteiger charge is 2.31. The number of carbonyl (C=O) groups excluding carboxylic acids is 2. The molecule has 7 nitrogen and oxygen atoms in total. The highest BCUT2D eigenvalue weighted by molar-refractivity contribution is 8.00. The number of ether oxygens (including phenoxy) is 1. The van der Waals surface area contributed by atoms with E-state index >= 15 is 0 Å². The van der Waals surface area contributed by atoms with Crippen LogP contribution in [0.1, 0.15) is 44.1 Å². The second-order valence-electron chi connectivity index (χ2n) is 7.52. The molecule has 1 saturated heterocycles. The van der Waals surface area contributed by atoms with Crippen LogP contribution in [0, 0.1) is 19.8 Å². The third-order valence-electron chi connectivity index (χ3n) is 5.63. The Kier molecular flexibility index (Phi) is 7.23. The van der Waals surface area contributed by atoms with Gasteiger partial charge < -0.3 is 9.64 Å². The van der Waals surface area contributed by atoms with Gasteiger partial charge in [-0.05, 0) is 53.0 Å². The fourth-order valence-electron chi connectivity index (χ4n) is 3.74. The summed E-state index contributed by atoms with van der Waals surface area (Å²) in [6.45, 7) is 11.5. The van der Waals surface area contributed by atoms with Crippen molar-refractivity contribution in [1.82, 2.24) is 14.5 Å². The molecule has 0 aliphatic carbocycles. The molecule has 2 aromatic heterocycles. The van der Waals surface area contributed by atoms with E-state index in [9.17, 15) is 14.4 Å². The lowest BCUT2D eigenvalue weighted by atomic mass is 9.97. The Bertz CT molecular complexity index is 1010. The third-order valence-corrected chi connectivity index (χ3v) is 7.81. The van der Waals surface area contributed by atoms with Crippen LogP contribution in [0.3, 0.4) is 0 Å². The van der Waals surface area contributed by atoms with E-state index in [-0.39, 0.29) is 28.6 Å². The van der Waals surface area contributed by atoms with E-state index in [0.717, 1.165) is 15.3 Å². The minimum Gasteiger partial charge on any atom is -0.466 e. The van der Waals surface area contributed by atoms with Crippen LogP contribution in [0.4, 0.5) is 0 Å². The lowest BCUT2D eigenvalue weighted by Crippen LogP contribution is -2.43. The fraction of sp³-hybridized carbons (Fsp3) is 0.619. The summed E-state index contributed by atoms with van der Waals surface area (Å²) in [4.78, 5) is 46.3. The standard InChI is InChI=1S/C21H29N3O4S2/c1-6-24-19(26)16-12(3)13(4)29-17(16)22-21(24)30-14(5)18(25)23-10-8-15(9-11-23)20(27)28-7-2/h14-15H,6-11H2,1-5H3. The number of thiophene rings is 1. The first-order valence-corrected chi connectivity index (χ1v) is 12.1. The lowest BCUT2D eigenvalue weighted by Gasteiger charge is -2.32. The predicted octanol–water partition coefficient (Wildman–Crippen LogP) is 3.38. The zero-order valence-corrected chi connectivity index (χ0v) is 19.8.